The summed E-state index contributed by atoms with van der Waals surface area (Å²) in [4.78, 5) is 11.5. The molecule has 6 heteroatoms. The smallest absolute Gasteiger partial charge is 0.417 e. The Hall–Kier alpha value is -1.72. The summed E-state index contributed by atoms with van der Waals surface area (Å²) in [5.41, 5.74) is -2.12. The monoisotopic (exact) mass is 217 g/mol. The van der Waals surface area contributed by atoms with Crippen LogP contribution < -0.4 is 5.56 Å². The Morgan fingerprint density at radius 2 is 2.07 bits per heavy atom. The van der Waals surface area contributed by atoms with Gasteiger partial charge in [-0.1, -0.05) is 0 Å². The van der Waals surface area contributed by atoms with E-state index in [-0.39, 0.29) is 11.3 Å². The van der Waals surface area contributed by atoms with E-state index in [1.165, 1.54) is 6.20 Å². The molecular formula is C9H6F3NO2. The van der Waals surface area contributed by atoms with Crippen molar-refractivity contribution in [3.8, 4) is 0 Å². The van der Waals surface area contributed by atoms with Crippen molar-refractivity contribution in [2.75, 3.05) is 0 Å². The van der Waals surface area contributed by atoms with Gasteiger partial charge in [-0.3, -0.25) is 9.20 Å². The van der Waals surface area contributed by atoms with E-state index in [9.17, 15) is 18.0 Å². The summed E-state index contributed by atoms with van der Waals surface area (Å²) < 4.78 is 43.2. The van der Waals surface area contributed by atoms with Crippen molar-refractivity contribution >= 4 is 5.71 Å². The molecule has 0 atom stereocenters. The molecule has 0 aliphatic heterocycles. The first kappa shape index (κ1) is 9.82. The van der Waals surface area contributed by atoms with Crippen molar-refractivity contribution in [3.63, 3.8) is 0 Å². The van der Waals surface area contributed by atoms with Gasteiger partial charge in [-0.25, -0.2) is 0 Å². The van der Waals surface area contributed by atoms with Gasteiger partial charge in [0.2, 0.25) is 5.71 Å². The third kappa shape index (κ3) is 1.42. The molecule has 2 rings (SSSR count). The normalized spacial score (nSPS) is 12.3. The van der Waals surface area contributed by atoms with Gasteiger partial charge in [0.1, 0.15) is 6.26 Å². The third-order valence-corrected chi connectivity index (χ3v) is 2.15. The molecule has 0 aliphatic rings. The highest BCUT2D eigenvalue weighted by molar-refractivity contribution is 5.42. The molecule has 0 unspecified atom stereocenters. The van der Waals surface area contributed by atoms with Crippen LogP contribution >= 0.6 is 0 Å². The largest absolute Gasteiger partial charge is 0.446 e. The zero-order valence-corrected chi connectivity index (χ0v) is 7.63. The standard InChI is InChI=1S/C9H6F3NO2/c1-5-6(9(10,11)12)4-7-13(8(5)14)2-3-15-7/h2-4H,1H3. The fourth-order valence-electron chi connectivity index (χ4n) is 1.38. The highest BCUT2D eigenvalue weighted by Gasteiger charge is 2.34. The molecule has 2 aromatic heterocycles. The number of alkyl halides is 3. The Morgan fingerprint density at radius 3 is 2.67 bits per heavy atom. The molecule has 0 fully saturated rings. The average Bonchev–Trinajstić information content (AvgIpc) is 2.57. The van der Waals surface area contributed by atoms with Crippen molar-refractivity contribution in [1.82, 2.24) is 4.40 Å². The van der Waals surface area contributed by atoms with Gasteiger partial charge in [0.25, 0.3) is 5.56 Å². The first-order valence-corrected chi connectivity index (χ1v) is 4.08. The molecule has 80 valence electrons. The molecule has 2 heterocycles. The summed E-state index contributed by atoms with van der Waals surface area (Å²) in [6, 6.07) is 0.816. The van der Waals surface area contributed by atoms with E-state index in [1.54, 1.807) is 0 Å². The summed E-state index contributed by atoms with van der Waals surface area (Å²) in [6.45, 7) is 1.14. The Bertz CT molecular complexity index is 565. The van der Waals surface area contributed by atoms with Gasteiger partial charge in [-0.15, -0.1) is 0 Å². The van der Waals surface area contributed by atoms with Crippen molar-refractivity contribution in [3.05, 3.63) is 40.0 Å². The maximum atomic E-state index is 12.5. The van der Waals surface area contributed by atoms with Crippen LogP contribution in [0.1, 0.15) is 11.1 Å². The van der Waals surface area contributed by atoms with Gasteiger partial charge >= 0.3 is 6.18 Å². The molecule has 2 aromatic rings. The zero-order valence-electron chi connectivity index (χ0n) is 7.63. The number of halogens is 3. The molecule has 0 saturated heterocycles. The van der Waals surface area contributed by atoms with Crippen LogP contribution in [0.2, 0.25) is 0 Å². The van der Waals surface area contributed by atoms with E-state index >= 15 is 0 Å². The number of hydrogen-bond acceptors (Lipinski definition) is 2. The fourth-order valence-corrected chi connectivity index (χ4v) is 1.38. The molecular weight excluding hydrogens is 211 g/mol. The molecule has 0 spiro atoms. The maximum absolute atomic E-state index is 12.5. The number of rotatable bonds is 0. The maximum Gasteiger partial charge on any atom is 0.417 e. The van der Waals surface area contributed by atoms with E-state index in [0.29, 0.717) is 0 Å². The van der Waals surface area contributed by atoms with E-state index in [2.05, 4.69) is 0 Å². The van der Waals surface area contributed by atoms with Gasteiger partial charge in [0.05, 0.1) is 11.8 Å². The minimum absolute atomic E-state index is 0.113. The third-order valence-electron chi connectivity index (χ3n) is 2.15. The Morgan fingerprint density at radius 1 is 1.40 bits per heavy atom. The highest BCUT2D eigenvalue weighted by atomic mass is 19.4. The van der Waals surface area contributed by atoms with Gasteiger partial charge in [-0.2, -0.15) is 13.2 Å². The minimum Gasteiger partial charge on any atom is -0.446 e. The second kappa shape index (κ2) is 2.88. The van der Waals surface area contributed by atoms with Crippen molar-refractivity contribution in [2.24, 2.45) is 0 Å². The summed E-state index contributed by atoms with van der Waals surface area (Å²) >= 11 is 0. The van der Waals surface area contributed by atoms with Crippen LogP contribution in [0.3, 0.4) is 0 Å². The highest BCUT2D eigenvalue weighted by Crippen LogP contribution is 2.31. The van der Waals surface area contributed by atoms with Gasteiger partial charge in [-0.05, 0) is 6.92 Å². The van der Waals surface area contributed by atoms with Crippen molar-refractivity contribution in [2.45, 2.75) is 13.1 Å². The number of nitrogens with zero attached hydrogens (tertiary/aromatic N) is 1. The topological polar surface area (TPSA) is 34.6 Å². The lowest BCUT2D eigenvalue weighted by Crippen LogP contribution is -2.20. The summed E-state index contributed by atoms with van der Waals surface area (Å²) in [5, 5.41) is 0. The van der Waals surface area contributed by atoms with Gasteiger partial charge < -0.3 is 4.42 Å². The molecule has 0 radical (unpaired) electrons. The summed E-state index contributed by atoms with van der Waals surface area (Å²) in [5.74, 6) is 0. The quantitative estimate of drug-likeness (QED) is 0.678. The van der Waals surface area contributed by atoms with Crippen LogP contribution in [-0.4, -0.2) is 4.40 Å². The van der Waals surface area contributed by atoms with Crippen LogP contribution in [0.5, 0.6) is 0 Å². The summed E-state index contributed by atoms with van der Waals surface area (Å²) in [6.07, 6.45) is -2.09. The molecule has 0 saturated carbocycles. The lowest BCUT2D eigenvalue weighted by Gasteiger charge is -2.08. The predicted octanol–water partition coefficient (Wildman–Crippen LogP) is 2.22. The zero-order chi connectivity index (χ0) is 11.2. The average molecular weight is 217 g/mol. The SMILES string of the molecule is Cc1c(C(F)(F)F)cc2occn2c1=O. The van der Waals surface area contributed by atoms with Crippen molar-refractivity contribution < 1.29 is 17.6 Å². The molecule has 0 N–H and O–H groups in total. The predicted molar refractivity (Wildman–Crippen MR) is 45.7 cm³/mol. The van der Waals surface area contributed by atoms with Crippen LogP contribution in [0.15, 0.2) is 27.7 Å². The van der Waals surface area contributed by atoms with Gasteiger partial charge in [0.15, 0.2) is 0 Å². The number of hydrogen-bond donors (Lipinski definition) is 0. The number of oxazole rings is 1. The second-order valence-corrected chi connectivity index (χ2v) is 3.10. The Balaban J connectivity index is 2.88. The number of aromatic nitrogens is 1. The number of fused-ring (bicyclic) bond motifs is 1. The van der Waals surface area contributed by atoms with E-state index < -0.39 is 17.3 Å². The lowest BCUT2D eigenvalue weighted by atomic mass is 10.1. The van der Waals surface area contributed by atoms with Crippen LogP contribution in [-0.2, 0) is 6.18 Å². The first-order valence-electron chi connectivity index (χ1n) is 4.08. The Kier molecular flexibility index (Phi) is 1.89. The molecule has 15 heavy (non-hydrogen) atoms. The lowest BCUT2D eigenvalue weighted by molar-refractivity contribution is -0.138. The summed E-state index contributed by atoms with van der Waals surface area (Å²) in [7, 11) is 0. The second-order valence-electron chi connectivity index (χ2n) is 3.10. The number of pyridine rings is 1. The first-order chi connectivity index (χ1) is 6.91. The molecule has 3 nitrogen and oxygen atoms in total. The molecule has 0 aliphatic carbocycles. The van der Waals surface area contributed by atoms with E-state index in [4.69, 9.17) is 4.42 Å². The Labute approximate surface area is 81.7 Å². The van der Waals surface area contributed by atoms with Crippen molar-refractivity contribution in [1.29, 1.82) is 0 Å². The fraction of sp³-hybridized carbons (Fsp3) is 0.222. The minimum atomic E-state index is -4.54. The van der Waals surface area contributed by atoms with Crippen LogP contribution in [0, 0.1) is 6.92 Å². The molecule has 0 aromatic carbocycles. The van der Waals surface area contributed by atoms with Crippen LogP contribution in [0.4, 0.5) is 13.2 Å². The van der Waals surface area contributed by atoms with Crippen LogP contribution in [0.25, 0.3) is 5.71 Å². The van der Waals surface area contributed by atoms with E-state index in [1.807, 2.05) is 0 Å². The molecule has 0 bridgehead atoms. The van der Waals surface area contributed by atoms with E-state index in [0.717, 1.165) is 23.7 Å². The van der Waals surface area contributed by atoms with Gasteiger partial charge in [0, 0.05) is 11.6 Å². The molecule has 0 amide bonds.